The summed E-state index contributed by atoms with van der Waals surface area (Å²) in [7, 11) is 3.10. The monoisotopic (exact) mass is 480 g/mol. The third-order valence-electron chi connectivity index (χ3n) is 4.85. The van der Waals surface area contributed by atoms with Crippen LogP contribution in [0.5, 0.6) is 11.5 Å². The van der Waals surface area contributed by atoms with Gasteiger partial charge in [0.25, 0.3) is 5.69 Å². The Balaban J connectivity index is 1.43. The van der Waals surface area contributed by atoms with Crippen molar-refractivity contribution in [1.82, 2.24) is 10.7 Å². The van der Waals surface area contributed by atoms with Crippen molar-refractivity contribution < 1.29 is 28.4 Å². The van der Waals surface area contributed by atoms with Gasteiger partial charge in [-0.15, -0.1) is 0 Å². The zero-order valence-corrected chi connectivity index (χ0v) is 19.1. The highest BCUT2D eigenvalue weighted by Crippen LogP contribution is 2.27. The summed E-state index contributed by atoms with van der Waals surface area (Å²) in [5, 5.41) is 17.4. The van der Waals surface area contributed by atoms with Crippen LogP contribution in [0.15, 0.2) is 64.1 Å². The van der Waals surface area contributed by atoms with E-state index in [0.717, 1.165) is 5.56 Å². The molecule has 1 heterocycles. The summed E-state index contributed by atoms with van der Waals surface area (Å²) in [4.78, 5) is 34.4. The van der Waals surface area contributed by atoms with E-state index in [1.54, 1.807) is 44.6 Å². The summed E-state index contributed by atoms with van der Waals surface area (Å²) < 4.78 is 16.0. The molecule has 0 unspecified atom stereocenters. The van der Waals surface area contributed by atoms with Crippen LogP contribution >= 0.6 is 0 Å². The van der Waals surface area contributed by atoms with Crippen LogP contribution in [0.25, 0.3) is 11.3 Å². The molecule has 11 nitrogen and oxygen atoms in total. The van der Waals surface area contributed by atoms with Crippen molar-refractivity contribution in [3.8, 4) is 22.8 Å². The standard InChI is InChI=1S/C24H24N4O7/c1-33-21-8-6-16(12-22(21)34-2)10-11-25-23(29)14-24(30)27-26-15-19-7-9-20(35-19)17-4-3-5-18(13-17)28(31)32/h3-9,12-13,15H,10-11,14H2,1-2H3,(H,25,29)(H,27,30)/b26-15-. The molecule has 1 aromatic heterocycles. The van der Waals surface area contributed by atoms with Gasteiger partial charge in [-0.05, 0) is 36.2 Å². The molecule has 0 saturated heterocycles. The Kier molecular flexibility index (Phi) is 8.54. The average molecular weight is 480 g/mol. The molecule has 0 spiro atoms. The predicted molar refractivity (Wildman–Crippen MR) is 127 cm³/mol. The second kappa shape index (κ2) is 12.0. The molecule has 0 aliphatic heterocycles. The minimum Gasteiger partial charge on any atom is -0.493 e. The number of non-ortho nitro benzene ring substituents is 1. The number of nitrogens with zero attached hydrogens (tertiary/aromatic N) is 2. The minimum absolute atomic E-state index is 0.0524. The van der Waals surface area contributed by atoms with Gasteiger partial charge in [0, 0.05) is 24.2 Å². The number of nitro benzene ring substituents is 1. The molecule has 3 aromatic rings. The Labute approximate surface area is 200 Å². The summed E-state index contributed by atoms with van der Waals surface area (Å²) in [6.45, 7) is 0.345. The van der Waals surface area contributed by atoms with Gasteiger partial charge in [0.2, 0.25) is 11.8 Å². The number of nitro groups is 1. The van der Waals surface area contributed by atoms with Crippen LogP contribution in [-0.2, 0) is 16.0 Å². The lowest BCUT2D eigenvalue weighted by Gasteiger charge is -2.10. The van der Waals surface area contributed by atoms with Gasteiger partial charge in [0.05, 0.1) is 25.4 Å². The summed E-state index contributed by atoms with van der Waals surface area (Å²) in [6, 6.07) is 14.7. The largest absolute Gasteiger partial charge is 0.493 e. The molecule has 3 rings (SSSR count). The zero-order valence-electron chi connectivity index (χ0n) is 19.1. The maximum absolute atomic E-state index is 12.0. The van der Waals surface area contributed by atoms with E-state index < -0.39 is 16.7 Å². The zero-order chi connectivity index (χ0) is 25.2. The van der Waals surface area contributed by atoms with Gasteiger partial charge in [0.1, 0.15) is 17.9 Å². The first-order valence-corrected chi connectivity index (χ1v) is 10.5. The number of carbonyl (C=O) groups is 2. The van der Waals surface area contributed by atoms with Crippen LogP contribution in [0.3, 0.4) is 0 Å². The highest BCUT2D eigenvalue weighted by atomic mass is 16.6. The molecule has 0 atom stereocenters. The van der Waals surface area contributed by atoms with Gasteiger partial charge >= 0.3 is 0 Å². The maximum Gasteiger partial charge on any atom is 0.270 e. The Hall–Kier alpha value is -4.67. The normalized spacial score (nSPS) is 10.7. The van der Waals surface area contributed by atoms with Gasteiger partial charge in [-0.2, -0.15) is 5.10 Å². The number of amides is 2. The van der Waals surface area contributed by atoms with Crippen molar-refractivity contribution in [2.75, 3.05) is 20.8 Å². The van der Waals surface area contributed by atoms with Crippen molar-refractivity contribution in [2.45, 2.75) is 12.8 Å². The Bertz CT molecular complexity index is 1240. The van der Waals surface area contributed by atoms with Gasteiger partial charge in [-0.25, -0.2) is 5.43 Å². The van der Waals surface area contributed by atoms with Gasteiger partial charge in [0.15, 0.2) is 11.5 Å². The van der Waals surface area contributed by atoms with Crippen molar-refractivity contribution in [3.63, 3.8) is 0 Å². The van der Waals surface area contributed by atoms with Crippen molar-refractivity contribution in [3.05, 3.63) is 76.0 Å². The van der Waals surface area contributed by atoms with Crippen LogP contribution in [-0.4, -0.2) is 43.7 Å². The molecule has 2 amide bonds. The lowest BCUT2D eigenvalue weighted by molar-refractivity contribution is -0.384. The van der Waals surface area contributed by atoms with Crippen molar-refractivity contribution >= 4 is 23.7 Å². The van der Waals surface area contributed by atoms with E-state index in [1.165, 1.54) is 18.3 Å². The summed E-state index contributed by atoms with van der Waals surface area (Å²) >= 11 is 0. The molecule has 2 N–H and O–H groups in total. The number of hydrogen-bond acceptors (Lipinski definition) is 8. The first kappa shape index (κ1) is 25.0. The first-order chi connectivity index (χ1) is 16.9. The topological polar surface area (TPSA) is 145 Å². The quantitative estimate of drug-likeness (QED) is 0.186. The van der Waals surface area contributed by atoms with E-state index in [-0.39, 0.29) is 12.1 Å². The van der Waals surface area contributed by atoms with Crippen LogP contribution in [0.2, 0.25) is 0 Å². The molecular weight excluding hydrogens is 456 g/mol. The highest BCUT2D eigenvalue weighted by Gasteiger charge is 2.11. The number of benzene rings is 2. The minimum atomic E-state index is -0.588. The number of ether oxygens (including phenoxy) is 2. The van der Waals surface area contributed by atoms with Gasteiger partial charge in [-0.3, -0.25) is 19.7 Å². The van der Waals surface area contributed by atoms with Gasteiger partial charge in [-0.1, -0.05) is 18.2 Å². The summed E-state index contributed by atoms with van der Waals surface area (Å²) in [5.41, 5.74) is 3.69. The third kappa shape index (κ3) is 7.16. The van der Waals surface area contributed by atoms with Crippen molar-refractivity contribution in [1.29, 1.82) is 0 Å². The third-order valence-corrected chi connectivity index (χ3v) is 4.85. The molecule has 0 radical (unpaired) electrons. The molecule has 2 aromatic carbocycles. The fraction of sp³-hybridized carbons (Fsp3) is 0.208. The van der Waals surface area contributed by atoms with E-state index >= 15 is 0 Å². The molecule has 35 heavy (non-hydrogen) atoms. The Morgan fingerprint density at radius 3 is 2.60 bits per heavy atom. The van der Waals surface area contributed by atoms with E-state index in [0.29, 0.717) is 41.5 Å². The molecule has 0 aliphatic carbocycles. The second-order valence-corrected chi connectivity index (χ2v) is 7.27. The predicted octanol–water partition coefficient (Wildman–Crippen LogP) is 3.07. The Morgan fingerprint density at radius 2 is 1.86 bits per heavy atom. The molecule has 0 fully saturated rings. The maximum atomic E-state index is 12.0. The lowest BCUT2D eigenvalue weighted by atomic mass is 10.1. The van der Waals surface area contributed by atoms with Crippen LogP contribution < -0.4 is 20.2 Å². The fourth-order valence-electron chi connectivity index (χ4n) is 3.15. The molecule has 11 heteroatoms. The summed E-state index contributed by atoms with van der Waals surface area (Å²) in [6.07, 6.45) is 1.44. The number of methoxy groups -OCH3 is 2. The lowest BCUT2D eigenvalue weighted by Crippen LogP contribution is -2.31. The van der Waals surface area contributed by atoms with Crippen LogP contribution in [0, 0.1) is 10.1 Å². The second-order valence-electron chi connectivity index (χ2n) is 7.27. The first-order valence-electron chi connectivity index (χ1n) is 10.5. The SMILES string of the molecule is COc1ccc(CCNC(=O)CC(=O)N/N=C\c2ccc(-c3cccc([N+](=O)[O-])c3)o2)cc1OC. The smallest absolute Gasteiger partial charge is 0.270 e. The number of nitrogens with one attached hydrogen (secondary N) is 2. The van der Waals surface area contributed by atoms with E-state index in [4.69, 9.17) is 13.9 Å². The van der Waals surface area contributed by atoms with E-state index in [1.807, 2.05) is 12.1 Å². The molecule has 182 valence electrons. The van der Waals surface area contributed by atoms with Gasteiger partial charge < -0.3 is 19.2 Å². The number of hydrazone groups is 1. The molecule has 0 bridgehead atoms. The number of carbonyl (C=O) groups excluding carboxylic acids is 2. The Morgan fingerprint density at radius 1 is 1.06 bits per heavy atom. The molecule has 0 saturated carbocycles. The average Bonchev–Trinajstić information content (AvgIpc) is 3.33. The molecule has 0 aliphatic rings. The van der Waals surface area contributed by atoms with Crippen LogP contribution in [0.1, 0.15) is 17.7 Å². The number of rotatable bonds is 11. The highest BCUT2D eigenvalue weighted by molar-refractivity contribution is 5.97. The van der Waals surface area contributed by atoms with Crippen molar-refractivity contribution in [2.24, 2.45) is 5.10 Å². The van der Waals surface area contributed by atoms with Crippen LogP contribution in [0.4, 0.5) is 5.69 Å². The van der Waals surface area contributed by atoms with E-state index in [2.05, 4.69) is 15.8 Å². The number of furan rings is 1. The van der Waals surface area contributed by atoms with E-state index in [9.17, 15) is 19.7 Å². The fourth-order valence-corrected chi connectivity index (χ4v) is 3.15. The summed E-state index contributed by atoms with van der Waals surface area (Å²) in [5.74, 6) is 0.927. The number of hydrogen-bond donors (Lipinski definition) is 2. The molecular formula is C24H24N4O7.